The molecule has 0 atom stereocenters. The van der Waals surface area contributed by atoms with Crippen molar-refractivity contribution in [2.24, 2.45) is 0 Å². The largest absolute Gasteiger partial charge is 0.277 e. The van der Waals surface area contributed by atoms with Crippen molar-refractivity contribution < 1.29 is 0 Å². The maximum absolute atomic E-state index is 5.62. The fourth-order valence-corrected chi connectivity index (χ4v) is 12.8. The molecule has 0 N–H and O–H groups in total. The summed E-state index contributed by atoms with van der Waals surface area (Å²) >= 11 is 0. The highest BCUT2D eigenvalue weighted by Crippen LogP contribution is 2.56. The predicted octanol–water partition coefficient (Wildman–Crippen LogP) is 14.5. The fraction of sp³-hybridized carbons (Fsp3) is 0.241. The number of imidazole rings is 4. The Hall–Kier alpha value is -6.92. The van der Waals surface area contributed by atoms with E-state index in [9.17, 15) is 0 Å². The lowest BCUT2D eigenvalue weighted by Gasteiger charge is -2.21. The summed E-state index contributed by atoms with van der Waals surface area (Å²) in [7, 11) is 0. The predicted molar refractivity (Wildman–Crippen MR) is 266 cm³/mol. The Morgan fingerprint density at radius 1 is 0.391 bits per heavy atom. The van der Waals surface area contributed by atoms with Crippen LogP contribution in [0.4, 0.5) is 0 Å². The Morgan fingerprint density at radius 3 is 1.16 bits per heavy atom. The van der Waals surface area contributed by atoms with Gasteiger partial charge in [-0.25, -0.2) is 9.97 Å². The van der Waals surface area contributed by atoms with Crippen LogP contribution in [0.1, 0.15) is 103 Å². The summed E-state index contributed by atoms with van der Waals surface area (Å²) in [5.74, 6) is 1.92. The topological polar surface area (TPSA) is 43.4 Å². The molecule has 0 bridgehead atoms. The van der Waals surface area contributed by atoms with Crippen LogP contribution in [0.15, 0.2) is 109 Å². The molecule has 7 aromatic carbocycles. The monoisotopic (exact) mass is 828 g/mol. The molecule has 6 aromatic heterocycles. The smallest absolute Gasteiger partial charge is 0.220 e. The second-order valence-electron chi connectivity index (χ2n) is 22.4. The van der Waals surface area contributed by atoms with E-state index in [1.165, 1.54) is 110 Å². The molecule has 0 radical (unpaired) electrons. The number of fused-ring (bicyclic) bond motifs is 24. The SMILES string of the molecule is CC(C)(C)c1ccc2nc3n(c2c1)c1c2c4cc5c(cc4n4c2c(c2c6cc7c(cc6n3c21)C(C)(C)c1ccccc1-7)n1c2cc(C(C)(C)C)ccc2nc14)C(C)(C)c1ccccc1-5. The zero-order valence-corrected chi connectivity index (χ0v) is 38.1. The zero-order chi connectivity index (χ0) is 43.5. The highest BCUT2D eigenvalue weighted by atomic mass is 15.2. The normalized spacial score (nSPS) is 15.9. The molecule has 310 valence electrons. The molecule has 2 aliphatic rings. The van der Waals surface area contributed by atoms with Gasteiger partial charge in [0, 0.05) is 32.4 Å². The lowest BCUT2D eigenvalue weighted by Crippen LogP contribution is -2.14. The van der Waals surface area contributed by atoms with Crippen molar-refractivity contribution in [1.29, 1.82) is 0 Å². The van der Waals surface area contributed by atoms with Gasteiger partial charge in [0.15, 0.2) is 0 Å². The molecule has 0 amide bonds. The van der Waals surface area contributed by atoms with E-state index in [4.69, 9.17) is 9.97 Å². The minimum atomic E-state index is -0.157. The molecular weight excluding hydrogens is 781 g/mol. The van der Waals surface area contributed by atoms with Crippen LogP contribution < -0.4 is 0 Å². The van der Waals surface area contributed by atoms with Gasteiger partial charge in [-0.2, -0.15) is 0 Å². The minimum absolute atomic E-state index is 0.0307. The first kappa shape index (κ1) is 35.5. The summed E-state index contributed by atoms with van der Waals surface area (Å²) in [5, 5.41) is 5.03. The van der Waals surface area contributed by atoms with Gasteiger partial charge >= 0.3 is 0 Å². The summed E-state index contributed by atoms with van der Waals surface area (Å²) in [6.07, 6.45) is 0. The van der Waals surface area contributed by atoms with Crippen molar-refractivity contribution in [3.63, 3.8) is 0 Å². The third-order valence-electron chi connectivity index (χ3n) is 16.1. The molecule has 6 heterocycles. The van der Waals surface area contributed by atoms with Crippen molar-refractivity contribution in [2.75, 3.05) is 0 Å². The number of benzene rings is 7. The third kappa shape index (κ3) is 3.83. The molecule has 0 aliphatic heterocycles. The van der Waals surface area contributed by atoms with Crippen LogP contribution in [0.2, 0.25) is 0 Å². The quantitative estimate of drug-likeness (QED) is 0.153. The lowest BCUT2D eigenvalue weighted by molar-refractivity contribution is 0.590. The van der Waals surface area contributed by atoms with E-state index in [2.05, 4.69) is 196 Å². The van der Waals surface area contributed by atoms with Gasteiger partial charge < -0.3 is 0 Å². The molecule has 13 aromatic rings. The number of nitrogens with zero attached hydrogens (tertiary/aromatic N) is 6. The van der Waals surface area contributed by atoms with Crippen LogP contribution in [0.25, 0.3) is 111 Å². The molecule has 0 spiro atoms. The average molecular weight is 829 g/mol. The summed E-state index contributed by atoms with van der Waals surface area (Å²) in [6, 6.07) is 42.0. The Kier molecular flexibility index (Phi) is 5.85. The van der Waals surface area contributed by atoms with Crippen LogP contribution in [0.5, 0.6) is 0 Å². The first-order chi connectivity index (χ1) is 30.5. The van der Waals surface area contributed by atoms with Gasteiger partial charge in [-0.05, 0) is 115 Å². The molecule has 0 saturated carbocycles. The highest BCUT2D eigenvalue weighted by Gasteiger charge is 2.40. The third-order valence-corrected chi connectivity index (χ3v) is 16.1. The first-order valence-electron chi connectivity index (χ1n) is 23.0. The molecule has 64 heavy (non-hydrogen) atoms. The van der Waals surface area contributed by atoms with E-state index in [0.29, 0.717) is 0 Å². The summed E-state index contributed by atoms with van der Waals surface area (Å²) < 4.78 is 10.1. The van der Waals surface area contributed by atoms with E-state index in [1.807, 2.05) is 0 Å². The molecule has 6 heteroatoms. The van der Waals surface area contributed by atoms with Crippen molar-refractivity contribution in [3.05, 3.63) is 143 Å². The summed E-state index contributed by atoms with van der Waals surface area (Å²) in [4.78, 5) is 11.2. The first-order valence-corrected chi connectivity index (χ1v) is 23.0. The van der Waals surface area contributed by atoms with E-state index in [-0.39, 0.29) is 21.7 Å². The van der Waals surface area contributed by atoms with Crippen LogP contribution in [-0.4, -0.2) is 27.6 Å². The van der Waals surface area contributed by atoms with Gasteiger partial charge in [0.05, 0.1) is 55.2 Å². The van der Waals surface area contributed by atoms with Gasteiger partial charge in [0.1, 0.15) is 0 Å². The number of aromatic nitrogens is 6. The van der Waals surface area contributed by atoms with E-state index in [0.717, 1.165) is 33.6 Å². The zero-order valence-electron chi connectivity index (χ0n) is 38.1. The molecule has 6 nitrogen and oxygen atoms in total. The highest BCUT2D eigenvalue weighted by molar-refractivity contribution is 6.37. The molecule has 0 unspecified atom stereocenters. The Balaban J connectivity index is 1.26. The van der Waals surface area contributed by atoms with Gasteiger partial charge in [-0.15, -0.1) is 0 Å². The number of hydrogen-bond donors (Lipinski definition) is 0. The maximum atomic E-state index is 5.62. The fourth-order valence-electron chi connectivity index (χ4n) is 12.8. The Labute approximate surface area is 370 Å². The second-order valence-corrected chi connectivity index (χ2v) is 22.4. The molecule has 2 aliphatic carbocycles. The van der Waals surface area contributed by atoms with Crippen LogP contribution >= 0.6 is 0 Å². The standard InChI is InChI=1S/C58H48N6/c1-55(2,3)29-19-21-41-45(23-29)63-51-47-35-25-33-31-15-11-13-17-37(31)58(9,10)40(33)28-44(35)62-50(47)52(64-46-24-30(56(4,5)6)20-22-42(46)60-54(62)64)48-36-26-34-32-16-12-14-18-38(32)57(7,8)39(34)27-43(36)61(49(48)51)53(63)59-41/h11-28H,1-10H3. The van der Waals surface area contributed by atoms with Crippen LogP contribution in [0.3, 0.4) is 0 Å². The number of hydrogen-bond acceptors (Lipinski definition) is 2. The molecule has 0 saturated heterocycles. The van der Waals surface area contributed by atoms with Gasteiger partial charge in [-0.1, -0.05) is 130 Å². The molecular formula is C58H48N6. The van der Waals surface area contributed by atoms with Crippen molar-refractivity contribution in [1.82, 2.24) is 27.6 Å². The lowest BCUT2D eigenvalue weighted by atomic mass is 9.82. The van der Waals surface area contributed by atoms with E-state index in [1.54, 1.807) is 0 Å². The van der Waals surface area contributed by atoms with Crippen molar-refractivity contribution in [2.45, 2.75) is 90.9 Å². The second kappa shape index (κ2) is 10.5. The van der Waals surface area contributed by atoms with Gasteiger partial charge in [0.2, 0.25) is 11.6 Å². The molecule has 0 fully saturated rings. The van der Waals surface area contributed by atoms with Crippen LogP contribution in [-0.2, 0) is 21.7 Å². The van der Waals surface area contributed by atoms with Crippen molar-refractivity contribution in [3.8, 4) is 22.3 Å². The van der Waals surface area contributed by atoms with E-state index < -0.39 is 0 Å². The Bertz CT molecular complexity index is 4030. The minimum Gasteiger partial charge on any atom is -0.277 e. The number of rotatable bonds is 0. The van der Waals surface area contributed by atoms with Crippen LogP contribution in [0, 0.1) is 0 Å². The summed E-state index contributed by atoms with van der Waals surface area (Å²) in [6.45, 7) is 23.4. The van der Waals surface area contributed by atoms with Gasteiger partial charge in [0.25, 0.3) is 0 Å². The van der Waals surface area contributed by atoms with Gasteiger partial charge in [-0.3, -0.25) is 17.6 Å². The van der Waals surface area contributed by atoms with Crippen molar-refractivity contribution >= 4 is 88.3 Å². The maximum Gasteiger partial charge on any atom is 0.220 e. The van der Waals surface area contributed by atoms with E-state index >= 15 is 0 Å². The average Bonchev–Trinajstić information content (AvgIpc) is 4.12. The Morgan fingerprint density at radius 2 is 0.766 bits per heavy atom. The summed E-state index contributed by atoms with van der Waals surface area (Å²) in [5.41, 5.74) is 24.6. The molecule has 15 rings (SSSR count).